The molecule has 110 valence electrons. The lowest BCUT2D eigenvalue weighted by Gasteiger charge is -2.21. The molecule has 0 amide bonds. The second-order valence-corrected chi connectivity index (χ2v) is 5.46. The van der Waals surface area contributed by atoms with Gasteiger partial charge >= 0.3 is 0 Å². The van der Waals surface area contributed by atoms with Gasteiger partial charge in [0.2, 0.25) is 0 Å². The van der Waals surface area contributed by atoms with Crippen molar-refractivity contribution in [2.45, 2.75) is 39.2 Å². The number of nitrogens with zero attached hydrogens (tertiary/aromatic N) is 2. The number of hydrogen-bond donors (Lipinski definition) is 2. The molecule has 0 spiro atoms. The summed E-state index contributed by atoms with van der Waals surface area (Å²) >= 11 is 0. The fourth-order valence-corrected chi connectivity index (χ4v) is 3.04. The minimum atomic E-state index is -0.388. The van der Waals surface area contributed by atoms with Crippen molar-refractivity contribution in [3.8, 4) is 0 Å². The van der Waals surface area contributed by atoms with E-state index in [1.807, 2.05) is 0 Å². The van der Waals surface area contributed by atoms with Gasteiger partial charge in [0.1, 0.15) is 11.6 Å². The zero-order valence-corrected chi connectivity index (χ0v) is 12.2. The van der Waals surface area contributed by atoms with E-state index in [9.17, 15) is 10.1 Å². The fourth-order valence-electron chi connectivity index (χ4n) is 3.04. The highest BCUT2D eigenvalue weighted by Crippen LogP contribution is 2.35. The monoisotopic (exact) mass is 278 g/mol. The summed E-state index contributed by atoms with van der Waals surface area (Å²) in [5.74, 6) is 2.39. The maximum Gasteiger partial charge on any atom is 0.276 e. The summed E-state index contributed by atoms with van der Waals surface area (Å²) in [6, 6.07) is 3.30. The molecule has 1 heterocycles. The molecule has 1 fully saturated rings. The maximum atomic E-state index is 10.9. The van der Waals surface area contributed by atoms with Crippen LogP contribution >= 0.6 is 0 Å². The van der Waals surface area contributed by atoms with E-state index < -0.39 is 0 Å². The van der Waals surface area contributed by atoms with E-state index in [-0.39, 0.29) is 10.6 Å². The Balaban J connectivity index is 2.17. The number of hydrogen-bond acceptors (Lipinski definition) is 5. The first-order chi connectivity index (χ1) is 9.55. The highest BCUT2D eigenvalue weighted by molar-refractivity contribution is 5.54. The van der Waals surface area contributed by atoms with Gasteiger partial charge in [-0.15, -0.1) is 0 Å². The Bertz CT molecular complexity index is 492. The van der Waals surface area contributed by atoms with E-state index in [2.05, 4.69) is 29.5 Å². The summed E-state index contributed by atoms with van der Waals surface area (Å²) in [4.78, 5) is 14.9. The van der Waals surface area contributed by atoms with Gasteiger partial charge in [-0.25, -0.2) is 4.98 Å². The van der Waals surface area contributed by atoms with Crippen LogP contribution in [-0.2, 0) is 0 Å². The standard InChI is InChI=1S/C14H22N4O2/c1-4-10-5-6-12(9(10)2)16-14-8-11(18(19)20)7-13(15-3)17-14/h7-10,12H,4-6H2,1-3H3,(H2,15,16,17). The molecule has 1 saturated carbocycles. The minimum absolute atomic E-state index is 0.0598. The Labute approximate surface area is 119 Å². The van der Waals surface area contributed by atoms with Gasteiger partial charge in [0, 0.05) is 13.1 Å². The predicted molar refractivity (Wildman–Crippen MR) is 80.0 cm³/mol. The average Bonchev–Trinajstić information content (AvgIpc) is 2.79. The molecular weight excluding hydrogens is 256 g/mol. The van der Waals surface area contributed by atoms with Crippen LogP contribution in [-0.4, -0.2) is 23.0 Å². The molecular formula is C14H22N4O2. The van der Waals surface area contributed by atoms with E-state index in [1.165, 1.54) is 25.0 Å². The van der Waals surface area contributed by atoms with Gasteiger partial charge in [0.15, 0.2) is 0 Å². The molecule has 1 aromatic rings. The molecule has 2 N–H and O–H groups in total. The van der Waals surface area contributed by atoms with Gasteiger partial charge in [0.05, 0.1) is 17.1 Å². The largest absolute Gasteiger partial charge is 0.373 e. The van der Waals surface area contributed by atoms with Crippen molar-refractivity contribution in [1.82, 2.24) is 4.98 Å². The summed E-state index contributed by atoms with van der Waals surface area (Å²) in [6.45, 7) is 4.46. The fraction of sp³-hybridized carbons (Fsp3) is 0.643. The van der Waals surface area contributed by atoms with Gasteiger partial charge in [0.25, 0.3) is 5.69 Å². The number of aromatic nitrogens is 1. The van der Waals surface area contributed by atoms with Crippen molar-refractivity contribution >= 4 is 17.3 Å². The predicted octanol–water partition coefficient (Wildman–Crippen LogP) is 3.27. The first kappa shape index (κ1) is 14.6. The maximum absolute atomic E-state index is 10.9. The third kappa shape index (κ3) is 3.00. The molecule has 1 aliphatic rings. The molecule has 6 heteroatoms. The van der Waals surface area contributed by atoms with Crippen molar-refractivity contribution in [2.75, 3.05) is 17.7 Å². The summed E-state index contributed by atoms with van der Waals surface area (Å²) in [6.07, 6.45) is 3.49. The summed E-state index contributed by atoms with van der Waals surface area (Å²) in [5.41, 5.74) is 0.0598. The number of nitro groups is 1. The Hall–Kier alpha value is -1.85. The van der Waals surface area contributed by atoms with Crippen LogP contribution in [0.25, 0.3) is 0 Å². The second kappa shape index (κ2) is 6.07. The van der Waals surface area contributed by atoms with Gasteiger partial charge in [-0.05, 0) is 24.7 Å². The van der Waals surface area contributed by atoms with E-state index in [0.717, 1.165) is 12.3 Å². The summed E-state index contributed by atoms with van der Waals surface area (Å²) in [5, 5.41) is 17.2. The van der Waals surface area contributed by atoms with Crippen molar-refractivity contribution < 1.29 is 4.92 Å². The first-order valence-corrected chi connectivity index (χ1v) is 7.16. The topological polar surface area (TPSA) is 80.1 Å². The molecule has 0 aromatic carbocycles. The van der Waals surface area contributed by atoms with Crippen LogP contribution < -0.4 is 10.6 Å². The summed E-state index contributed by atoms with van der Waals surface area (Å²) < 4.78 is 0. The van der Waals surface area contributed by atoms with Crippen LogP contribution in [0.2, 0.25) is 0 Å². The smallest absolute Gasteiger partial charge is 0.276 e. The molecule has 2 rings (SSSR count). The Kier molecular flexibility index (Phi) is 4.42. The second-order valence-electron chi connectivity index (χ2n) is 5.46. The number of rotatable bonds is 5. The van der Waals surface area contributed by atoms with Crippen molar-refractivity contribution in [1.29, 1.82) is 0 Å². The van der Waals surface area contributed by atoms with Gasteiger partial charge in [-0.1, -0.05) is 20.3 Å². The third-order valence-corrected chi connectivity index (χ3v) is 4.36. The SMILES string of the molecule is CCC1CCC(Nc2cc([N+](=O)[O-])cc(NC)n2)C1C. The highest BCUT2D eigenvalue weighted by Gasteiger charge is 2.31. The lowest BCUT2D eigenvalue weighted by atomic mass is 9.93. The van der Waals surface area contributed by atoms with E-state index in [0.29, 0.717) is 23.6 Å². The molecule has 0 aliphatic heterocycles. The van der Waals surface area contributed by atoms with E-state index >= 15 is 0 Å². The molecule has 3 atom stereocenters. The molecule has 1 aliphatic carbocycles. The lowest BCUT2D eigenvalue weighted by molar-refractivity contribution is -0.384. The molecule has 0 radical (unpaired) electrons. The Morgan fingerprint density at radius 1 is 1.40 bits per heavy atom. The van der Waals surface area contributed by atoms with Crippen LogP contribution in [0.3, 0.4) is 0 Å². The molecule has 1 aromatic heterocycles. The molecule has 0 bridgehead atoms. The molecule has 6 nitrogen and oxygen atoms in total. The molecule has 20 heavy (non-hydrogen) atoms. The third-order valence-electron chi connectivity index (χ3n) is 4.36. The normalized spacial score (nSPS) is 25.4. The zero-order valence-electron chi connectivity index (χ0n) is 12.2. The number of anilines is 2. The van der Waals surface area contributed by atoms with Crippen molar-refractivity contribution in [3.63, 3.8) is 0 Å². The van der Waals surface area contributed by atoms with Crippen LogP contribution in [0.4, 0.5) is 17.3 Å². The lowest BCUT2D eigenvalue weighted by Crippen LogP contribution is -2.25. The van der Waals surface area contributed by atoms with Crippen molar-refractivity contribution in [3.05, 3.63) is 22.2 Å². The zero-order chi connectivity index (χ0) is 14.7. The van der Waals surface area contributed by atoms with Crippen LogP contribution in [0.15, 0.2) is 12.1 Å². The van der Waals surface area contributed by atoms with Crippen LogP contribution in [0.1, 0.15) is 33.1 Å². The van der Waals surface area contributed by atoms with E-state index in [1.54, 1.807) is 7.05 Å². The quantitative estimate of drug-likeness (QED) is 0.638. The van der Waals surface area contributed by atoms with Gasteiger partial charge < -0.3 is 10.6 Å². The first-order valence-electron chi connectivity index (χ1n) is 7.16. The summed E-state index contributed by atoms with van der Waals surface area (Å²) in [7, 11) is 1.71. The Morgan fingerprint density at radius 3 is 2.65 bits per heavy atom. The van der Waals surface area contributed by atoms with Crippen LogP contribution in [0, 0.1) is 22.0 Å². The number of pyridine rings is 1. The molecule has 0 saturated heterocycles. The molecule has 3 unspecified atom stereocenters. The Morgan fingerprint density at radius 2 is 2.10 bits per heavy atom. The van der Waals surface area contributed by atoms with Gasteiger partial charge in [-0.3, -0.25) is 10.1 Å². The van der Waals surface area contributed by atoms with Crippen molar-refractivity contribution in [2.24, 2.45) is 11.8 Å². The van der Waals surface area contributed by atoms with Crippen LogP contribution in [0.5, 0.6) is 0 Å². The average molecular weight is 278 g/mol. The minimum Gasteiger partial charge on any atom is -0.373 e. The highest BCUT2D eigenvalue weighted by atomic mass is 16.6. The van der Waals surface area contributed by atoms with E-state index in [4.69, 9.17) is 0 Å². The van der Waals surface area contributed by atoms with Gasteiger partial charge in [-0.2, -0.15) is 0 Å². The number of nitrogens with one attached hydrogen (secondary N) is 2.